The fraction of sp³-hybridized carbons (Fsp3) is 0.231. The molecule has 0 bridgehead atoms. The van der Waals surface area contributed by atoms with Crippen molar-refractivity contribution in [3.05, 3.63) is 102 Å². The number of nitrogens with zero attached hydrogens (tertiary/aromatic N) is 5. The number of aliphatic carboxylic acids is 2. The molecule has 0 saturated heterocycles. The second-order valence-electron chi connectivity index (χ2n) is 8.68. The van der Waals surface area contributed by atoms with Gasteiger partial charge >= 0.3 is 24.3 Å². The summed E-state index contributed by atoms with van der Waals surface area (Å²) in [5, 5.41) is 18.5. The van der Waals surface area contributed by atoms with Gasteiger partial charge in [0.25, 0.3) is 5.91 Å². The molecule has 228 valence electrons. The van der Waals surface area contributed by atoms with Crippen LogP contribution in [0, 0.1) is 0 Å². The second-order valence-corrected chi connectivity index (χ2v) is 8.68. The maximum atomic E-state index is 13.5. The molecule has 1 aliphatic heterocycles. The second kappa shape index (κ2) is 13.6. The minimum absolute atomic E-state index is 0.0170. The first-order chi connectivity index (χ1) is 20.2. The summed E-state index contributed by atoms with van der Waals surface area (Å²) in [7, 11) is 0. The average molecular weight is 612 g/mol. The van der Waals surface area contributed by atoms with E-state index in [-0.39, 0.29) is 11.9 Å². The molecule has 3 aromatic heterocycles. The van der Waals surface area contributed by atoms with E-state index in [4.69, 9.17) is 19.8 Å². The number of imidazole rings is 1. The number of hydrogen-bond donors (Lipinski definition) is 3. The molecule has 0 aliphatic carbocycles. The van der Waals surface area contributed by atoms with E-state index in [1.807, 2.05) is 64.3 Å². The summed E-state index contributed by atoms with van der Waals surface area (Å²) >= 11 is 0. The Labute approximate surface area is 238 Å². The van der Waals surface area contributed by atoms with Crippen LogP contribution in [0.5, 0.6) is 0 Å². The molecule has 1 aromatic carbocycles. The SMILES string of the molecule is O=C(O)C(F)(F)F.O=C(O)C(F)(F)F.O=C(c1cccc(Cn2cccn2)c1)N1CCc2[nH]cnc2C1c1ccccn1. The zero-order valence-corrected chi connectivity index (χ0v) is 21.7. The Kier molecular flexibility index (Phi) is 10.2. The van der Waals surface area contributed by atoms with Gasteiger partial charge < -0.3 is 20.1 Å². The van der Waals surface area contributed by atoms with E-state index < -0.39 is 24.3 Å². The van der Waals surface area contributed by atoms with Crippen LogP contribution in [0.2, 0.25) is 0 Å². The molecule has 17 heteroatoms. The third kappa shape index (κ3) is 8.88. The Bertz CT molecular complexity index is 1500. The van der Waals surface area contributed by atoms with Crippen molar-refractivity contribution in [3.63, 3.8) is 0 Å². The maximum Gasteiger partial charge on any atom is 0.490 e. The summed E-state index contributed by atoms with van der Waals surface area (Å²) in [5.41, 5.74) is 4.45. The lowest BCUT2D eigenvalue weighted by Crippen LogP contribution is -2.41. The standard InChI is InChI=1S/C22H20N6O.2C2HF3O2/c29-22(17-6-3-5-16(13-17)14-27-11-4-10-26-27)28-12-8-18-20(25-15-24-18)21(28)19-7-1-2-9-23-19;2*3-2(4,5)1(6)7/h1-7,9-11,13,15,21H,8,12,14H2,(H,24,25);2*(H,6,7). The summed E-state index contributed by atoms with van der Waals surface area (Å²) in [6.07, 6.45) is -2.31. The van der Waals surface area contributed by atoms with Gasteiger partial charge in [-0.05, 0) is 35.9 Å². The van der Waals surface area contributed by atoms with Crippen molar-refractivity contribution in [1.29, 1.82) is 0 Å². The van der Waals surface area contributed by atoms with Crippen LogP contribution in [-0.2, 0) is 22.6 Å². The quantitative estimate of drug-likeness (QED) is 0.291. The number of benzene rings is 1. The highest BCUT2D eigenvalue weighted by atomic mass is 19.4. The number of aromatic amines is 1. The molecule has 0 spiro atoms. The number of H-pyrrole nitrogens is 1. The summed E-state index contributed by atoms with van der Waals surface area (Å²) in [4.78, 5) is 45.4. The Morgan fingerprint density at radius 3 is 2.14 bits per heavy atom. The van der Waals surface area contributed by atoms with Gasteiger partial charge in [0.05, 0.1) is 24.3 Å². The number of carbonyl (C=O) groups excluding carboxylic acids is 1. The molecule has 4 aromatic rings. The number of nitrogens with one attached hydrogen (secondary N) is 1. The molecule has 43 heavy (non-hydrogen) atoms. The molecule has 1 atom stereocenters. The van der Waals surface area contributed by atoms with Crippen LogP contribution in [0.4, 0.5) is 26.3 Å². The zero-order chi connectivity index (χ0) is 31.8. The third-order valence-corrected chi connectivity index (χ3v) is 5.72. The monoisotopic (exact) mass is 612 g/mol. The van der Waals surface area contributed by atoms with Crippen LogP contribution < -0.4 is 0 Å². The molecule has 1 amide bonds. The molecule has 3 N–H and O–H groups in total. The number of aromatic nitrogens is 5. The predicted octanol–water partition coefficient (Wildman–Crippen LogP) is 4.10. The van der Waals surface area contributed by atoms with E-state index in [0.717, 1.165) is 29.1 Å². The normalized spacial score (nSPS) is 14.4. The first-order valence-corrected chi connectivity index (χ1v) is 12.1. The van der Waals surface area contributed by atoms with Crippen LogP contribution in [0.15, 0.2) is 73.4 Å². The largest absolute Gasteiger partial charge is 0.490 e. The molecule has 1 aliphatic rings. The average Bonchev–Trinajstić information content (AvgIpc) is 3.65. The van der Waals surface area contributed by atoms with Gasteiger partial charge in [-0.15, -0.1) is 0 Å². The number of halogens is 6. The Hall–Kier alpha value is -5.22. The third-order valence-electron chi connectivity index (χ3n) is 5.72. The molecule has 4 heterocycles. The van der Waals surface area contributed by atoms with Gasteiger partial charge in [0, 0.05) is 42.8 Å². The lowest BCUT2D eigenvalue weighted by atomic mass is 9.97. The Morgan fingerprint density at radius 1 is 0.907 bits per heavy atom. The number of carboxylic acids is 2. The van der Waals surface area contributed by atoms with E-state index in [1.54, 1.807) is 18.7 Å². The van der Waals surface area contributed by atoms with Crippen molar-refractivity contribution in [2.75, 3.05) is 6.54 Å². The predicted molar refractivity (Wildman–Crippen MR) is 135 cm³/mol. The fourth-order valence-corrected chi connectivity index (χ4v) is 3.88. The van der Waals surface area contributed by atoms with Crippen LogP contribution >= 0.6 is 0 Å². The molecule has 0 fully saturated rings. The van der Waals surface area contributed by atoms with E-state index >= 15 is 0 Å². The number of hydrogen-bond acceptors (Lipinski definition) is 6. The number of fused-ring (bicyclic) bond motifs is 1. The van der Waals surface area contributed by atoms with Crippen LogP contribution in [0.25, 0.3) is 0 Å². The summed E-state index contributed by atoms with van der Waals surface area (Å²) in [6.45, 7) is 1.24. The van der Waals surface area contributed by atoms with Gasteiger partial charge in [-0.2, -0.15) is 31.4 Å². The van der Waals surface area contributed by atoms with E-state index in [0.29, 0.717) is 18.7 Å². The minimum atomic E-state index is -5.08. The highest BCUT2D eigenvalue weighted by Gasteiger charge is 2.39. The Balaban J connectivity index is 0.000000303. The molecule has 0 radical (unpaired) electrons. The number of amides is 1. The summed E-state index contributed by atoms with van der Waals surface area (Å²) < 4.78 is 65.3. The van der Waals surface area contributed by atoms with Crippen molar-refractivity contribution in [3.8, 4) is 0 Å². The van der Waals surface area contributed by atoms with Crippen molar-refractivity contribution in [1.82, 2.24) is 29.6 Å². The van der Waals surface area contributed by atoms with Gasteiger partial charge in [0.2, 0.25) is 0 Å². The van der Waals surface area contributed by atoms with E-state index in [9.17, 15) is 31.1 Å². The number of carbonyl (C=O) groups is 3. The smallest absolute Gasteiger partial charge is 0.475 e. The van der Waals surface area contributed by atoms with Crippen molar-refractivity contribution < 1.29 is 50.9 Å². The van der Waals surface area contributed by atoms with Crippen LogP contribution in [0.1, 0.15) is 39.0 Å². The zero-order valence-electron chi connectivity index (χ0n) is 21.7. The molecule has 5 rings (SSSR count). The number of pyridine rings is 1. The van der Waals surface area contributed by atoms with Gasteiger partial charge in [0.1, 0.15) is 6.04 Å². The molecular formula is C26H22F6N6O5. The lowest BCUT2D eigenvalue weighted by molar-refractivity contribution is -0.193. The summed E-state index contributed by atoms with van der Waals surface area (Å²) in [5.74, 6) is -5.53. The van der Waals surface area contributed by atoms with Gasteiger partial charge in [-0.3, -0.25) is 14.5 Å². The van der Waals surface area contributed by atoms with E-state index in [1.165, 1.54) is 0 Å². The van der Waals surface area contributed by atoms with Gasteiger partial charge in [-0.25, -0.2) is 14.6 Å². The Morgan fingerprint density at radius 2 is 1.58 bits per heavy atom. The van der Waals surface area contributed by atoms with Crippen LogP contribution in [-0.4, -0.2) is 76.6 Å². The number of alkyl halides is 6. The maximum absolute atomic E-state index is 13.5. The highest BCUT2D eigenvalue weighted by molar-refractivity contribution is 5.95. The first-order valence-electron chi connectivity index (χ1n) is 12.1. The summed E-state index contributed by atoms with van der Waals surface area (Å²) in [6, 6.07) is 15.1. The molecule has 1 unspecified atom stereocenters. The lowest BCUT2D eigenvalue weighted by Gasteiger charge is -2.34. The minimum Gasteiger partial charge on any atom is -0.475 e. The molecule has 11 nitrogen and oxygen atoms in total. The highest BCUT2D eigenvalue weighted by Crippen LogP contribution is 2.33. The molecular weight excluding hydrogens is 590 g/mol. The van der Waals surface area contributed by atoms with Crippen molar-refractivity contribution >= 4 is 17.8 Å². The van der Waals surface area contributed by atoms with Gasteiger partial charge in [-0.1, -0.05) is 18.2 Å². The first kappa shape index (κ1) is 32.3. The topological polar surface area (TPSA) is 154 Å². The van der Waals surface area contributed by atoms with Gasteiger partial charge in [0.15, 0.2) is 0 Å². The van der Waals surface area contributed by atoms with Crippen molar-refractivity contribution in [2.24, 2.45) is 0 Å². The fourth-order valence-electron chi connectivity index (χ4n) is 3.88. The van der Waals surface area contributed by atoms with E-state index in [2.05, 4.69) is 20.1 Å². The number of carboxylic acid groups (broad SMARTS) is 2. The molecule has 0 saturated carbocycles. The number of rotatable bonds is 4. The van der Waals surface area contributed by atoms with Crippen molar-refractivity contribution in [2.45, 2.75) is 31.4 Å². The van der Waals surface area contributed by atoms with Crippen LogP contribution in [0.3, 0.4) is 0 Å².